The van der Waals surface area contributed by atoms with Crippen LogP contribution in [0.25, 0.3) is 10.9 Å². The van der Waals surface area contributed by atoms with E-state index in [9.17, 15) is 4.79 Å². The van der Waals surface area contributed by atoms with Gasteiger partial charge >= 0.3 is 0 Å². The second-order valence-electron chi connectivity index (χ2n) is 6.56. The van der Waals surface area contributed by atoms with Gasteiger partial charge in [-0.15, -0.1) is 0 Å². The molecule has 0 amide bonds. The summed E-state index contributed by atoms with van der Waals surface area (Å²) in [5.74, 6) is 0.991. The van der Waals surface area contributed by atoms with E-state index in [0.29, 0.717) is 17.7 Å². The van der Waals surface area contributed by atoms with Crippen LogP contribution in [0, 0.1) is 11.8 Å². The molecule has 21 heavy (non-hydrogen) atoms. The number of nitrogens with one attached hydrogen (secondary N) is 1. The average Bonchev–Trinajstić information content (AvgIpc) is 3.05. The van der Waals surface area contributed by atoms with E-state index in [0.717, 1.165) is 25.9 Å². The second-order valence-corrected chi connectivity index (χ2v) is 6.56. The Kier molecular flexibility index (Phi) is 2.28. The van der Waals surface area contributed by atoms with Crippen LogP contribution in [0.4, 0.5) is 0 Å². The Morgan fingerprint density at radius 2 is 2.14 bits per heavy atom. The predicted octanol–water partition coefficient (Wildman–Crippen LogP) is 2.84. The van der Waals surface area contributed by atoms with Crippen LogP contribution in [-0.2, 0) is 11.2 Å². The number of hydrogen-bond donors (Lipinski definition) is 1. The van der Waals surface area contributed by atoms with Crippen molar-refractivity contribution in [2.75, 3.05) is 13.1 Å². The third-order valence-electron chi connectivity index (χ3n) is 5.59. The molecule has 0 bridgehead atoms. The zero-order chi connectivity index (χ0) is 14.0. The number of benzene rings is 1. The van der Waals surface area contributed by atoms with E-state index in [-0.39, 0.29) is 5.92 Å². The van der Waals surface area contributed by atoms with Gasteiger partial charge in [0.25, 0.3) is 0 Å². The number of aromatic nitrogens is 1. The van der Waals surface area contributed by atoms with Crippen LogP contribution >= 0.6 is 0 Å². The summed E-state index contributed by atoms with van der Waals surface area (Å²) in [6.45, 7) is 2.02. The molecule has 0 saturated carbocycles. The molecule has 3 aliphatic rings. The number of carbonyl (C=O) groups is 1. The largest absolute Gasteiger partial charge is 0.357 e. The van der Waals surface area contributed by atoms with Gasteiger partial charge in [-0.2, -0.15) is 0 Å². The van der Waals surface area contributed by atoms with Gasteiger partial charge in [-0.1, -0.05) is 24.3 Å². The normalized spacial score (nSPS) is 31.2. The number of allylic oxidation sites excluding steroid dienone is 2. The van der Waals surface area contributed by atoms with Crippen LogP contribution < -0.4 is 0 Å². The highest BCUT2D eigenvalue weighted by atomic mass is 16.1. The summed E-state index contributed by atoms with van der Waals surface area (Å²) in [7, 11) is 0. The maximum Gasteiger partial charge on any atom is 0.160 e. The van der Waals surface area contributed by atoms with Gasteiger partial charge in [0.1, 0.15) is 0 Å². The lowest BCUT2D eigenvalue weighted by Crippen LogP contribution is -2.32. The Morgan fingerprint density at radius 3 is 3.10 bits per heavy atom. The van der Waals surface area contributed by atoms with Crippen LogP contribution in [0.2, 0.25) is 0 Å². The minimum atomic E-state index is 0.206. The van der Waals surface area contributed by atoms with Crippen molar-refractivity contribution in [2.24, 2.45) is 11.8 Å². The molecule has 3 heterocycles. The van der Waals surface area contributed by atoms with E-state index in [4.69, 9.17) is 0 Å². The Labute approximate surface area is 123 Å². The molecular weight excluding hydrogens is 260 g/mol. The van der Waals surface area contributed by atoms with Gasteiger partial charge in [0.05, 0.1) is 6.04 Å². The fourth-order valence-electron chi connectivity index (χ4n) is 4.68. The summed E-state index contributed by atoms with van der Waals surface area (Å²) in [6.07, 6.45) is 6.00. The first-order chi connectivity index (χ1) is 10.3. The number of rotatable bonds is 0. The molecule has 3 atom stereocenters. The Morgan fingerprint density at radius 1 is 1.24 bits per heavy atom. The molecular formula is C18H18N2O. The van der Waals surface area contributed by atoms with Crippen molar-refractivity contribution in [2.45, 2.75) is 18.9 Å². The first-order valence-corrected chi connectivity index (χ1v) is 7.87. The molecule has 2 aliphatic heterocycles. The molecule has 1 saturated heterocycles. The summed E-state index contributed by atoms with van der Waals surface area (Å²) in [6, 6.07) is 8.99. The smallest absolute Gasteiger partial charge is 0.160 e. The van der Waals surface area contributed by atoms with E-state index < -0.39 is 0 Å². The number of para-hydroxylation sites is 1. The van der Waals surface area contributed by atoms with Gasteiger partial charge in [-0.3, -0.25) is 9.69 Å². The van der Waals surface area contributed by atoms with Gasteiger partial charge in [0.2, 0.25) is 0 Å². The Bertz CT molecular complexity index is 773. The number of H-pyrrole nitrogens is 1. The fraction of sp³-hybridized carbons (Fsp3) is 0.389. The van der Waals surface area contributed by atoms with Crippen molar-refractivity contribution >= 4 is 16.7 Å². The third-order valence-corrected chi connectivity index (χ3v) is 5.59. The summed E-state index contributed by atoms with van der Waals surface area (Å²) in [5.41, 5.74) is 4.10. The molecule has 1 aromatic heterocycles. The monoisotopic (exact) mass is 278 g/mol. The van der Waals surface area contributed by atoms with E-state index >= 15 is 0 Å². The standard InChI is InChI=1S/C18H18N2O/c21-16-7-3-5-13-14(16)10-20-9-8-12-11-4-1-2-6-15(11)19-17(12)18(13)20/h1-4,6-7,13-14,18-19H,5,8-10H2. The molecule has 0 radical (unpaired) electrons. The first kappa shape index (κ1) is 11.8. The second kappa shape index (κ2) is 4.08. The molecule has 3 heteroatoms. The van der Waals surface area contributed by atoms with Crippen LogP contribution in [0.5, 0.6) is 0 Å². The number of fused-ring (bicyclic) bond motifs is 7. The summed E-state index contributed by atoms with van der Waals surface area (Å²) >= 11 is 0. The topological polar surface area (TPSA) is 36.1 Å². The van der Waals surface area contributed by atoms with Crippen molar-refractivity contribution in [1.29, 1.82) is 0 Å². The minimum absolute atomic E-state index is 0.206. The first-order valence-electron chi connectivity index (χ1n) is 7.87. The lowest BCUT2D eigenvalue weighted by atomic mass is 9.79. The fourth-order valence-corrected chi connectivity index (χ4v) is 4.68. The van der Waals surface area contributed by atoms with Crippen LogP contribution in [-0.4, -0.2) is 28.8 Å². The van der Waals surface area contributed by atoms with Gasteiger partial charge in [-0.05, 0) is 36.5 Å². The molecule has 1 N–H and O–H groups in total. The van der Waals surface area contributed by atoms with Crippen molar-refractivity contribution < 1.29 is 4.79 Å². The summed E-state index contributed by atoms with van der Waals surface area (Å²) in [5, 5.41) is 1.37. The predicted molar refractivity (Wildman–Crippen MR) is 82.1 cm³/mol. The third kappa shape index (κ3) is 1.50. The molecule has 1 fully saturated rings. The van der Waals surface area contributed by atoms with Gasteiger partial charge < -0.3 is 4.98 Å². The van der Waals surface area contributed by atoms with E-state index in [1.807, 2.05) is 0 Å². The molecule has 1 aromatic carbocycles. The molecule has 3 unspecified atom stereocenters. The van der Waals surface area contributed by atoms with E-state index in [1.54, 1.807) is 6.08 Å². The zero-order valence-corrected chi connectivity index (χ0v) is 11.9. The Hall–Kier alpha value is -1.87. The van der Waals surface area contributed by atoms with Crippen LogP contribution in [0.1, 0.15) is 23.7 Å². The van der Waals surface area contributed by atoms with Crippen molar-refractivity contribution in [3.8, 4) is 0 Å². The van der Waals surface area contributed by atoms with Crippen molar-refractivity contribution in [3.63, 3.8) is 0 Å². The highest BCUT2D eigenvalue weighted by Gasteiger charge is 2.48. The minimum Gasteiger partial charge on any atom is -0.357 e. The van der Waals surface area contributed by atoms with Gasteiger partial charge in [-0.25, -0.2) is 0 Å². The number of ketones is 1. The van der Waals surface area contributed by atoms with Crippen LogP contribution in [0.3, 0.4) is 0 Å². The lowest BCUT2D eigenvalue weighted by molar-refractivity contribution is -0.119. The molecule has 3 nitrogen and oxygen atoms in total. The lowest BCUT2D eigenvalue weighted by Gasteiger charge is -2.33. The molecule has 106 valence electrons. The number of carbonyl (C=O) groups excluding carboxylic acids is 1. The zero-order valence-electron chi connectivity index (χ0n) is 11.9. The number of nitrogens with zero attached hydrogens (tertiary/aromatic N) is 1. The van der Waals surface area contributed by atoms with Crippen LogP contribution in [0.15, 0.2) is 36.4 Å². The maximum absolute atomic E-state index is 12.2. The average molecular weight is 278 g/mol. The highest BCUT2D eigenvalue weighted by molar-refractivity contribution is 5.93. The quantitative estimate of drug-likeness (QED) is 0.804. The molecule has 2 aromatic rings. The summed E-state index contributed by atoms with van der Waals surface area (Å²) in [4.78, 5) is 18.4. The highest BCUT2D eigenvalue weighted by Crippen LogP contribution is 2.48. The summed E-state index contributed by atoms with van der Waals surface area (Å²) < 4.78 is 0. The SMILES string of the molecule is O=C1C=CCC2C1CN1CCc3c([nH]c4ccccc34)C21. The van der Waals surface area contributed by atoms with Crippen molar-refractivity contribution in [1.82, 2.24) is 9.88 Å². The van der Waals surface area contributed by atoms with E-state index in [2.05, 4.69) is 40.2 Å². The number of aromatic amines is 1. The van der Waals surface area contributed by atoms with Gasteiger partial charge in [0.15, 0.2) is 5.78 Å². The Balaban J connectivity index is 1.68. The molecule has 0 spiro atoms. The maximum atomic E-state index is 12.2. The molecule has 5 rings (SSSR count). The number of hydrogen-bond acceptors (Lipinski definition) is 2. The van der Waals surface area contributed by atoms with Crippen molar-refractivity contribution in [3.05, 3.63) is 47.7 Å². The van der Waals surface area contributed by atoms with Gasteiger partial charge in [0, 0.05) is 35.6 Å². The molecule has 1 aliphatic carbocycles. The van der Waals surface area contributed by atoms with E-state index in [1.165, 1.54) is 22.2 Å².